The summed E-state index contributed by atoms with van der Waals surface area (Å²) >= 11 is 1.13. The van der Waals surface area contributed by atoms with E-state index >= 15 is 0 Å². The highest BCUT2D eigenvalue weighted by atomic mass is 32.2. The van der Waals surface area contributed by atoms with Crippen molar-refractivity contribution in [2.45, 2.75) is 122 Å². The number of anilines is 1. The number of hydrogen-bond donors (Lipinski definition) is 5. The maximum absolute atomic E-state index is 12.6. The maximum Gasteiger partial charge on any atom is 0.274 e. The Hall–Kier alpha value is -2.70. The summed E-state index contributed by atoms with van der Waals surface area (Å²) < 4.78 is 60.7. The minimum Gasteiger partial charge on any atom is -0.790 e. The zero-order chi connectivity index (χ0) is 46.8. The summed E-state index contributed by atoms with van der Waals surface area (Å²) in [5.74, 6) is -1.15. The number of rotatable bonds is 30. The lowest BCUT2D eigenvalue weighted by molar-refractivity contribution is -0.347. The zero-order valence-electron chi connectivity index (χ0n) is 35.1. The van der Waals surface area contributed by atoms with Crippen molar-refractivity contribution in [2.24, 2.45) is 5.41 Å². The van der Waals surface area contributed by atoms with Crippen molar-refractivity contribution in [3.05, 3.63) is 24.8 Å². The van der Waals surface area contributed by atoms with Crippen LogP contribution < -0.4 is 35.9 Å². The maximum atomic E-state index is 12.6. The fourth-order valence-corrected chi connectivity index (χ4v) is 9.43. The van der Waals surface area contributed by atoms with Gasteiger partial charge >= 0.3 is 0 Å². The van der Waals surface area contributed by atoms with Gasteiger partial charge in [-0.05, 0) is 32.1 Å². The van der Waals surface area contributed by atoms with Crippen LogP contribution in [-0.4, -0.2) is 103 Å². The van der Waals surface area contributed by atoms with Gasteiger partial charge in [0.25, 0.3) is 15.6 Å². The normalized spacial score (nSPS) is 20.7. The van der Waals surface area contributed by atoms with Crippen LogP contribution >= 0.6 is 35.2 Å². The van der Waals surface area contributed by atoms with Gasteiger partial charge in [0.1, 0.15) is 36.3 Å². The van der Waals surface area contributed by atoms with E-state index in [0.717, 1.165) is 61.1 Å². The molecule has 0 aliphatic carbocycles. The molecule has 63 heavy (non-hydrogen) atoms. The molecule has 0 bridgehead atoms. The monoisotopic (exact) mass is 971 g/mol. The molecular weight excluding hydrogens is 915 g/mol. The van der Waals surface area contributed by atoms with Crippen molar-refractivity contribution >= 4 is 69.1 Å². The lowest BCUT2D eigenvalue weighted by Gasteiger charge is -2.36. The molecule has 3 rings (SSSR count). The third-order valence-electron chi connectivity index (χ3n) is 9.38. The molecular formula is C35H56N7O17P3S-4. The van der Waals surface area contributed by atoms with E-state index in [1.165, 1.54) is 39.5 Å². The molecule has 6 N–H and O–H groups in total. The Morgan fingerprint density at radius 2 is 1.63 bits per heavy atom. The van der Waals surface area contributed by atoms with Crippen LogP contribution in [0, 0.1) is 5.41 Å². The molecule has 1 fully saturated rings. The molecule has 7 atom stereocenters. The van der Waals surface area contributed by atoms with Crippen molar-refractivity contribution in [2.75, 3.05) is 37.8 Å². The van der Waals surface area contributed by atoms with Crippen LogP contribution in [0.2, 0.25) is 0 Å². The number of amides is 2. The number of phosphoric acid groups is 3. The SMILES string of the molecule is CCCCCC/C=C\CCCCCC(=O)SCCNC(=O)CCNC(=O)[C@H](O)C(C)(C)COP(=O)([O-])OP(=O)([O-])OC[C@H]1O[C@@H](n2cnc3c(N)ncnc32)[C@H](O)[C@@H]1OP(=O)([O-])[O-]. The molecule has 0 spiro atoms. The Morgan fingerprint density at radius 1 is 0.968 bits per heavy atom. The van der Waals surface area contributed by atoms with E-state index in [1.54, 1.807) is 0 Å². The van der Waals surface area contributed by atoms with Crippen molar-refractivity contribution < 1.29 is 80.5 Å². The number of aromatic nitrogens is 4. The van der Waals surface area contributed by atoms with Crippen molar-refractivity contribution in [1.29, 1.82) is 0 Å². The van der Waals surface area contributed by atoms with Crippen LogP contribution in [0.25, 0.3) is 11.2 Å². The number of aliphatic hydroxyl groups is 2. The molecule has 1 aliphatic heterocycles. The number of aliphatic hydroxyl groups excluding tert-OH is 2. The summed E-state index contributed by atoms with van der Waals surface area (Å²) in [5.41, 5.74) is 4.08. The van der Waals surface area contributed by atoms with Gasteiger partial charge in [-0.2, -0.15) is 0 Å². The Labute approximate surface area is 368 Å². The predicted octanol–water partition coefficient (Wildman–Crippen LogP) is 0.614. The first kappa shape index (κ1) is 54.6. The van der Waals surface area contributed by atoms with Gasteiger partial charge in [-0.15, -0.1) is 0 Å². The number of nitrogens with two attached hydrogens (primary N) is 1. The lowest BCUT2D eigenvalue weighted by atomic mass is 9.87. The summed E-state index contributed by atoms with van der Waals surface area (Å²) in [6.07, 6.45) is 7.17. The number of imidazole rings is 1. The molecule has 2 aromatic rings. The highest BCUT2D eigenvalue weighted by Gasteiger charge is 2.47. The van der Waals surface area contributed by atoms with Crippen molar-refractivity contribution in [1.82, 2.24) is 30.2 Å². The standard InChI is InChI=1S/C35H60N7O17P3S/c1-4-5-6-7-8-9-10-11-12-13-14-15-26(44)63-19-18-37-25(43)16-17-38-33(47)30(46)35(2,3)21-56-62(53,54)59-61(51,52)55-20-24-29(58-60(48,49)50)28(45)34(57-24)42-23-41-27-31(36)39-22-40-32(27)42/h9-10,22-24,28-30,34,45-46H,4-8,11-21H2,1-3H3,(H,37,43)(H,38,47)(H,51,52)(H,53,54)(H2,36,39,40)(H2,48,49,50)/p-4/b10-9-/t24-,28-,29-,30+,34-/m1/s1. The predicted molar refractivity (Wildman–Crippen MR) is 219 cm³/mol. The minimum absolute atomic E-state index is 0.0194. The second-order valence-corrected chi connectivity index (χ2v) is 20.3. The first-order valence-corrected chi connectivity index (χ1v) is 25.5. The smallest absolute Gasteiger partial charge is 0.274 e. The van der Waals surface area contributed by atoms with E-state index in [4.69, 9.17) is 10.5 Å². The van der Waals surface area contributed by atoms with E-state index in [-0.39, 0.29) is 41.6 Å². The van der Waals surface area contributed by atoms with Gasteiger partial charge in [-0.3, -0.25) is 28.1 Å². The summed E-state index contributed by atoms with van der Waals surface area (Å²) in [5, 5.41) is 26.4. The van der Waals surface area contributed by atoms with Gasteiger partial charge < -0.3 is 69.0 Å². The molecule has 358 valence electrons. The van der Waals surface area contributed by atoms with Crippen LogP contribution in [0.4, 0.5) is 5.82 Å². The van der Waals surface area contributed by atoms with E-state index in [1.807, 2.05) is 0 Å². The van der Waals surface area contributed by atoms with Crippen molar-refractivity contribution in [3.8, 4) is 0 Å². The first-order chi connectivity index (χ1) is 29.6. The molecule has 0 radical (unpaired) electrons. The molecule has 2 aromatic heterocycles. The van der Waals surface area contributed by atoms with E-state index < -0.39 is 84.6 Å². The van der Waals surface area contributed by atoms with Crippen LogP contribution in [0.15, 0.2) is 24.8 Å². The average Bonchev–Trinajstić information content (AvgIpc) is 3.76. The Bertz CT molecular complexity index is 1970. The molecule has 0 saturated carbocycles. The number of nitrogen functional groups attached to an aromatic ring is 1. The molecule has 2 amide bonds. The van der Waals surface area contributed by atoms with Crippen LogP contribution in [-0.2, 0) is 50.7 Å². The summed E-state index contributed by atoms with van der Waals surface area (Å²) in [7, 11) is -17.6. The first-order valence-electron chi connectivity index (χ1n) is 20.2. The molecule has 24 nitrogen and oxygen atoms in total. The molecule has 2 unspecified atom stereocenters. The molecule has 0 aromatic carbocycles. The topological polar surface area (TPSA) is 375 Å². The Kier molecular flexibility index (Phi) is 22.4. The summed E-state index contributed by atoms with van der Waals surface area (Å²) in [4.78, 5) is 96.6. The number of fused-ring (bicyclic) bond motifs is 1. The second kappa shape index (κ2) is 25.9. The van der Waals surface area contributed by atoms with E-state index in [2.05, 4.69) is 62.5 Å². The van der Waals surface area contributed by atoms with Gasteiger partial charge in [0.05, 0.1) is 27.4 Å². The third-order valence-corrected chi connectivity index (χ3v) is 13.3. The Balaban J connectivity index is 1.36. The molecule has 1 aliphatic rings. The van der Waals surface area contributed by atoms with Gasteiger partial charge in [0, 0.05) is 37.1 Å². The van der Waals surface area contributed by atoms with Crippen LogP contribution in [0.5, 0.6) is 0 Å². The van der Waals surface area contributed by atoms with Gasteiger partial charge in [-0.25, -0.2) is 19.3 Å². The van der Waals surface area contributed by atoms with E-state index in [9.17, 15) is 57.9 Å². The van der Waals surface area contributed by atoms with Gasteiger partial charge in [0.2, 0.25) is 11.8 Å². The lowest BCUT2D eigenvalue weighted by Crippen LogP contribution is -2.46. The van der Waals surface area contributed by atoms with Crippen LogP contribution in [0.1, 0.15) is 97.6 Å². The quantitative estimate of drug-likeness (QED) is 0.0407. The molecule has 1 saturated heterocycles. The number of hydrogen-bond acceptors (Lipinski definition) is 22. The number of thioether (sulfide) groups is 1. The summed E-state index contributed by atoms with van der Waals surface area (Å²) in [6, 6.07) is 0. The number of unbranched alkanes of at least 4 members (excludes halogenated alkanes) is 7. The highest BCUT2D eigenvalue weighted by molar-refractivity contribution is 8.13. The van der Waals surface area contributed by atoms with Gasteiger partial charge in [0.15, 0.2) is 22.8 Å². The largest absolute Gasteiger partial charge is 0.790 e. The molecule has 28 heteroatoms. The van der Waals surface area contributed by atoms with Gasteiger partial charge in [-0.1, -0.05) is 70.4 Å². The summed E-state index contributed by atoms with van der Waals surface area (Å²) in [6.45, 7) is 2.34. The number of nitrogens with one attached hydrogen (secondary N) is 2. The van der Waals surface area contributed by atoms with Crippen LogP contribution in [0.3, 0.4) is 0 Å². The third kappa shape index (κ3) is 19.4. The average molecular weight is 972 g/mol. The molecule has 3 heterocycles. The minimum atomic E-state index is -5.92. The fourth-order valence-electron chi connectivity index (χ4n) is 5.98. The Morgan fingerprint density at radius 3 is 2.30 bits per heavy atom. The zero-order valence-corrected chi connectivity index (χ0v) is 38.6. The number of carbonyl (C=O) groups is 3. The van der Waals surface area contributed by atoms with E-state index in [0.29, 0.717) is 12.2 Å². The number of allylic oxidation sites excluding steroid dienone is 2. The highest BCUT2D eigenvalue weighted by Crippen LogP contribution is 2.56. The fraction of sp³-hybridized carbons (Fsp3) is 0.714. The van der Waals surface area contributed by atoms with Crippen molar-refractivity contribution in [3.63, 3.8) is 0 Å². The second-order valence-electron chi connectivity index (χ2n) is 15.1. The number of carbonyl (C=O) groups excluding carboxylic acids is 3. The number of nitrogens with zero attached hydrogens (tertiary/aromatic N) is 4. The number of phosphoric ester groups is 3. The number of ether oxygens (including phenoxy) is 1.